The van der Waals surface area contributed by atoms with Crippen molar-refractivity contribution < 1.29 is 23.8 Å². The first-order valence-corrected chi connectivity index (χ1v) is 6.70. The fourth-order valence-corrected chi connectivity index (χ4v) is 2.76. The Morgan fingerprint density at radius 2 is 1.82 bits per heavy atom. The van der Waals surface area contributed by atoms with Gasteiger partial charge in [0, 0.05) is 11.5 Å². The predicted molar refractivity (Wildman–Crippen MR) is 81.5 cm³/mol. The van der Waals surface area contributed by atoms with Crippen molar-refractivity contribution in [1.29, 1.82) is 0 Å². The molecule has 0 spiro atoms. The molecular formula is C17H18O5. The molecule has 0 amide bonds. The van der Waals surface area contributed by atoms with Gasteiger partial charge in [-0.1, -0.05) is 12.6 Å². The summed E-state index contributed by atoms with van der Waals surface area (Å²) >= 11 is 0. The van der Waals surface area contributed by atoms with Gasteiger partial charge in [-0.25, -0.2) is 9.59 Å². The van der Waals surface area contributed by atoms with Crippen LogP contribution in [-0.2, 0) is 19.1 Å². The van der Waals surface area contributed by atoms with Gasteiger partial charge in [-0.15, -0.1) is 0 Å². The highest BCUT2D eigenvalue weighted by atomic mass is 16.5. The summed E-state index contributed by atoms with van der Waals surface area (Å²) in [6, 6.07) is 5.46. The largest absolute Gasteiger partial charge is 0.497 e. The molecule has 0 saturated carbocycles. The lowest BCUT2D eigenvalue weighted by atomic mass is 9.88. The molecule has 1 atom stereocenters. The number of fused-ring (bicyclic) bond motifs is 1. The highest BCUT2D eigenvalue weighted by molar-refractivity contribution is 6.06. The van der Waals surface area contributed by atoms with Crippen LogP contribution in [0.4, 0.5) is 0 Å². The zero-order valence-corrected chi connectivity index (χ0v) is 13.1. The van der Waals surface area contributed by atoms with E-state index in [2.05, 4.69) is 6.58 Å². The lowest BCUT2D eigenvalue weighted by Crippen LogP contribution is -2.18. The normalized spacial score (nSPS) is 16.1. The number of esters is 2. The van der Waals surface area contributed by atoms with Crippen molar-refractivity contribution >= 4 is 17.5 Å². The van der Waals surface area contributed by atoms with E-state index in [1.165, 1.54) is 14.2 Å². The maximum absolute atomic E-state index is 12.2. The van der Waals surface area contributed by atoms with Gasteiger partial charge in [0.15, 0.2) is 0 Å². The molecule has 0 aliphatic heterocycles. The fourth-order valence-electron chi connectivity index (χ4n) is 2.76. The molecule has 0 fully saturated rings. The zero-order chi connectivity index (χ0) is 16.4. The summed E-state index contributed by atoms with van der Waals surface area (Å²) in [4.78, 5) is 24.1. The van der Waals surface area contributed by atoms with E-state index in [-0.39, 0.29) is 5.57 Å². The molecule has 1 unspecified atom stereocenters. The summed E-state index contributed by atoms with van der Waals surface area (Å²) < 4.78 is 14.8. The van der Waals surface area contributed by atoms with E-state index >= 15 is 0 Å². The second-order valence-electron chi connectivity index (χ2n) is 4.93. The molecule has 1 aliphatic carbocycles. The van der Waals surface area contributed by atoms with Gasteiger partial charge >= 0.3 is 11.9 Å². The monoisotopic (exact) mass is 302 g/mol. The quantitative estimate of drug-likeness (QED) is 0.631. The summed E-state index contributed by atoms with van der Waals surface area (Å²) in [6.45, 7) is 5.63. The van der Waals surface area contributed by atoms with Crippen LogP contribution < -0.4 is 4.74 Å². The van der Waals surface area contributed by atoms with Crippen molar-refractivity contribution in [3.05, 3.63) is 47.1 Å². The lowest BCUT2D eigenvalue weighted by Gasteiger charge is -2.17. The average molecular weight is 302 g/mol. The molecule has 5 nitrogen and oxygen atoms in total. The van der Waals surface area contributed by atoms with Gasteiger partial charge in [0.25, 0.3) is 0 Å². The van der Waals surface area contributed by atoms with E-state index < -0.39 is 17.9 Å². The second-order valence-corrected chi connectivity index (χ2v) is 4.93. The Morgan fingerprint density at radius 3 is 2.36 bits per heavy atom. The average Bonchev–Trinajstić information content (AvgIpc) is 2.84. The van der Waals surface area contributed by atoms with Crippen LogP contribution >= 0.6 is 0 Å². The Morgan fingerprint density at radius 1 is 1.14 bits per heavy atom. The number of rotatable bonds is 4. The second kappa shape index (κ2) is 6.05. The first-order chi connectivity index (χ1) is 10.5. The molecule has 1 aromatic rings. The van der Waals surface area contributed by atoms with Crippen molar-refractivity contribution in [2.45, 2.75) is 12.8 Å². The van der Waals surface area contributed by atoms with Crippen molar-refractivity contribution in [3.63, 3.8) is 0 Å². The van der Waals surface area contributed by atoms with E-state index in [4.69, 9.17) is 14.2 Å². The Bertz CT molecular complexity index is 684. The van der Waals surface area contributed by atoms with Gasteiger partial charge in [0.05, 0.1) is 26.9 Å². The molecule has 0 N–H and O–H groups in total. The summed E-state index contributed by atoms with van der Waals surface area (Å²) in [5.41, 5.74) is 3.01. The Hall–Kier alpha value is -2.56. The van der Waals surface area contributed by atoms with Crippen LogP contribution in [-0.4, -0.2) is 33.3 Å². The number of allylic oxidation sites excluding steroid dienone is 1. The number of benzene rings is 1. The van der Waals surface area contributed by atoms with E-state index in [9.17, 15) is 9.59 Å². The molecule has 22 heavy (non-hydrogen) atoms. The summed E-state index contributed by atoms with van der Waals surface area (Å²) in [6.07, 6.45) is 0. The lowest BCUT2D eigenvalue weighted by molar-refractivity contribution is -0.136. The third kappa shape index (κ3) is 2.39. The molecule has 1 aromatic carbocycles. The zero-order valence-electron chi connectivity index (χ0n) is 13.1. The van der Waals surface area contributed by atoms with Gasteiger partial charge in [-0.05, 0) is 35.8 Å². The van der Waals surface area contributed by atoms with Crippen molar-refractivity contribution in [2.24, 2.45) is 0 Å². The highest BCUT2D eigenvalue weighted by Crippen LogP contribution is 2.47. The topological polar surface area (TPSA) is 61.8 Å². The van der Waals surface area contributed by atoms with Crippen LogP contribution in [0.3, 0.4) is 0 Å². The first-order valence-electron chi connectivity index (χ1n) is 6.70. The Labute approximate surface area is 129 Å². The number of hydrogen-bond donors (Lipinski definition) is 0. The SMILES string of the molecule is C=C(C(=O)OC)C1C(C(=O)OC)=C(C)c2ccc(OC)cc21. The molecule has 5 heteroatoms. The minimum Gasteiger partial charge on any atom is -0.497 e. The van der Waals surface area contributed by atoms with Gasteiger partial charge in [0.1, 0.15) is 5.75 Å². The maximum Gasteiger partial charge on any atom is 0.335 e. The van der Waals surface area contributed by atoms with Crippen molar-refractivity contribution in [1.82, 2.24) is 0 Å². The Kier molecular flexibility index (Phi) is 4.35. The molecule has 0 bridgehead atoms. The van der Waals surface area contributed by atoms with Gasteiger partial charge in [-0.2, -0.15) is 0 Å². The van der Waals surface area contributed by atoms with E-state index in [0.717, 1.165) is 16.7 Å². The van der Waals surface area contributed by atoms with E-state index in [0.29, 0.717) is 11.3 Å². The number of carbonyl (C=O) groups excluding carboxylic acids is 2. The molecule has 0 heterocycles. The third-order valence-electron chi connectivity index (χ3n) is 3.87. The van der Waals surface area contributed by atoms with Crippen LogP contribution in [0.1, 0.15) is 24.0 Å². The summed E-state index contributed by atoms with van der Waals surface area (Å²) in [5, 5.41) is 0. The smallest absolute Gasteiger partial charge is 0.335 e. The van der Waals surface area contributed by atoms with Crippen molar-refractivity contribution in [3.8, 4) is 5.75 Å². The molecule has 116 valence electrons. The number of ether oxygens (including phenoxy) is 3. The molecule has 2 rings (SSSR count). The maximum atomic E-state index is 12.2. The fraction of sp³-hybridized carbons (Fsp3) is 0.294. The molecule has 0 aromatic heterocycles. The van der Waals surface area contributed by atoms with Gasteiger partial charge < -0.3 is 14.2 Å². The highest BCUT2D eigenvalue weighted by Gasteiger charge is 2.38. The first kappa shape index (κ1) is 15.8. The molecular weight excluding hydrogens is 284 g/mol. The number of hydrogen-bond acceptors (Lipinski definition) is 5. The summed E-state index contributed by atoms with van der Waals surface area (Å²) in [7, 11) is 4.15. The molecule has 0 saturated heterocycles. The number of carbonyl (C=O) groups is 2. The summed E-state index contributed by atoms with van der Waals surface area (Å²) in [5.74, 6) is -0.997. The van der Waals surface area contributed by atoms with Crippen LogP contribution in [0.25, 0.3) is 5.57 Å². The minimum absolute atomic E-state index is 0.189. The molecule has 0 radical (unpaired) electrons. The van der Waals surface area contributed by atoms with Gasteiger partial charge in [-0.3, -0.25) is 0 Å². The number of methoxy groups -OCH3 is 3. The minimum atomic E-state index is -0.593. The third-order valence-corrected chi connectivity index (χ3v) is 3.87. The van der Waals surface area contributed by atoms with Crippen LogP contribution in [0.2, 0.25) is 0 Å². The van der Waals surface area contributed by atoms with Gasteiger partial charge in [0.2, 0.25) is 0 Å². The van der Waals surface area contributed by atoms with Crippen LogP contribution in [0, 0.1) is 0 Å². The van der Waals surface area contributed by atoms with E-state index in [1.54, 1.807) is 19.2 Å². The molecule has 1 aliphatic rings. The van der Waals surface area contributed by atoms with Crippen LogP contribution in [0.15, 0.2) is 35.9 Å². The van der Waals surface area contributed by atoms with Crippen molar-refractivity contribution in [2.75, 3.05) is 21.3 Å². The van der Waals surface area contributed by atoms with Crippen LogP contribution in [0.5, 0.6) is 5.75 Å². The standard InChI is InChI=1S/C17H18O5/c1-9-12-7-6-11(20-3)8-13(12)14(10(2)16(18)21-4)15(9)17(19)22-5/h6-8,14H,2H2,1,3-5H3. The predicted octanol–water partition coefficient (Wildman–Crippen LogP) is 2.47. The Balaban J connectivity index is 2.63. The van der Waals surface area contributed by atoms with E-state index in [1.807, 2.05) is 13.0 Å².